The van der Waals surface area contributed by atoms with E-state index in [1.54, 1.807) is 20.8 Å². The zero-order valence-corrected chi connectivity index (χ0v) is 35.0. The van der Waals surface area contributed by atoms with Gasteiger partial charge in [0.2, 0.25) is 23.5 Å². The minimum atomic E-state index is -1.05. The van der Waals surface area contributed by atoms with E-state index in [2.05, 4.69) is 5.32 Å². The molecule has 1 aliphatic carbocycles. The lowest BCUT2D eigenvalue weighted by Crippen LogP contribution is -2.47. The van der Waals surface area contributed by atoms with Gasteiger partial charge in [-0.05, 0) is 70.1 Å². The third kappa shape index (κ3) is 15.8. The van der Waals surface area contributed by atoms with Gasteiger partial charge in [-0.3, -0.25) is 33.6 Å². The number of primary amides is 1. The summed E-state index contributed by atoms with van der Waals surface area (Å²) in [5, 5.41) is 2.53. The van der Waals surface area contributed by atoms with Crippen LogP contribution in [0.3, 0.4) is 0 Å². The van der Waals surface area contributed by atoms with E-state index in [1.807, 2.05) is 13.8 Å². The molecule has 2 fully saturated rings. The summed E-state index contributed by atoms with van der Waals surface area (Å²) in [6.45, 7) is 8.47. The molecule has 0 bridgehead atoms. The van der Waals surface area contributed by atoms with E-state index in [0.717, 1.165) is 38.5 Å². The van der Waals surface area contributed by atoms with Crippen LogP contribution in [-0.2, 0) is 54.3 Å². The molecular weight excluding hydrogens is 749 g/mol. The molecule has 0 spiro atoms. The first-order chi connectivity index (χ1) is 27.4. The van der Waals surface area contributed by atoms with E-state index in [1.165, 1.54) is 29.2 Å². The number of carbonyl (C=O) groups is 8. The first-order valence-corrected chi connectivity index (χ1v) is 21.0. The van der Waals surface area contributed by atoms with Crippen molar-refractivity contribution in [3.8, 4) is 0 Å². The summed E-state index contributed by atoms with van der Waals surface area (Å²) in [4.78, 5) is 107. The van der Waals surface area contributed by atoms with E-state index in [0.29, 0.717) is 24.8 Å². The van der Waals surface area contributed by atoms with Crippen molar-refractivity contribution in [2.45, 2.75) is 161 Å². The van der Waals surface area contributed by atoms with Gasteiger partial charge in [-0.15, -0.1) is 0 Å². The number of unbranched alkanes of at least 4 members (excludes halogenated alkanes) is 1. The Morgan fingerprint density at radius 3 is 2.19 bits per heavy atom. The Kier molecular flexibility index (Phi) is 19.3. The lowest BCUT2D eigenvalue weighted by molar-refractivity contribution is -0.162. The van der Waals surface area contributed by atoms with E-state index >= 15 is 0 Å². The molecule has 1 saturated heterocycles. The minimum absolute atomic E-state index is 0.0157. The van der Waals surface area contributed by atoms with Gasteiger partial charge in [-0.2, -0.15) is 0 Å². The number of amides is 3. The van der Waals surface area contributed by atoms with Gasteiger partial charge in [0.15, 0.2) is 11.6 Å². The normalized spacial score (nSPS) is 18.8. The van der Waals surface area contributed by atoms with Gasteiger partial charge in [-0.25, -0.2) is 9.18 Å². The number of ether oxygens (including phenoxy) is 2. The van der Waals surface area contributed by atoms with E-state index in [-0.39, 0.29) is 62.7 Å². The first kappa shape index (κ1) is 48.0. The number of hydrogen-bond donors (Lipinski definition) is 2. The lowest BCUT2D eigenvalue weighted by Gasteiger charge is -2.34. The smallest absolute Gasteiger partial charge is 0.332 e. The maximum absolute atomic E-state index is 14.7. The number of rotatable bonds is 24. The molecule has 322 valence electrons. The fraction of sp³-hybridized carbons (Fsp3) is 0.682. The van der Waals surface area contributed by atoms with Gasteiger partial charge >= 0.3 is 5.97 Å². The Morgan fingerprint density at radius 1 is 0.914 bits per heavy atom. The van der Waals surface area contributed by atoms with Crippen LogP contribution in [0.5, 0.6) is 0 Å². The van der Waals surface area contributed by atoms with Gasteiger partial charge in [0.1, 0.15) is 29.9 Å². The van der Waals surface area contributed by atoms with E-state index in [4.69, 9.17) is 15.2 Å². The fourth-order valence-corrected chi connectivity index (χ4v) is 7.97. The summed E-state index contributed by atoms with van der Waals surface area (Å²) < 4.78 is 24.9. The number of benzene rings is 1. The molecule has 3 rings (SSSR count). The van der Waals surface area contributed by atoms with Crippen LogP contribution in [0.25, 0.3) is 0 Å². The van der Waals surface area contributed by atoms with Crippen LogP contribution in [0, 0.1) is 23.6 Å². The molecule has 3 amide bonds. The number of nitrogens with zero attached hydrogens (tertiary/aromatic N) is 1. The van der Waals surface area contributed by atoms with Gasteiger partial charge in [0.25, 0.3) is 0 Å². The van der Waals surface area contributed by atoms with Crippen LogP contribution in [0.1, 0.15) is 136 Å². The van der Waals surface area contributed by atoms with Crippen molar-refractivity contribution in [3.63, 3.8) is 0 Å². The van der Waals surface area contributed by atoms with Gasteiger partial charge < -0.3 is 25.4 Å². The molecule has 13 nitrogen and oxygen atoms in total. The zero-order chi connectivity index (χ0) is 43.0. The molecule has 1 aromatic rings. The molecule has 0 radical (unpaired) electrons. The summed E-state index contributed by atoms with van der Waals surface area (Å²) in [6.07, 6.45) is 4.93. The average molecular weight is 814 g/mol. The molecule has 1 heterocycles. The van der Waals surface area contributed by atoms with Crippen LogP contribution in [0.15, 0.2) is 24.3 Å². The Hall–Kier alpha value is -4.33. The van der Waals surface area contributed by atoms with Crippen molar-refractivity contribution < 1.29 is 52.2 Å². The quantitative estimate of drug-likeness (QED) is 0.102. The highest BCUT2D eigenvalue weighted by Crippen LogP contribution is 2.36. The minimum Gasteiger partial charge on any atom is -0.458 e. The summed E-state index contributed by atoms with van der Waals surface area (Å²) in [6, 6.07) is 3.70. The SMILES string of the molecule is CCCCC(NC(=O)CCC(=O)C(=O)C(CCC)CC(=O)[C@@H]1C[C@@H](OCC(=O)OC(C)(C)C)CN1C(=O)C(CC(=O)Cc1ccc(F)cc1)C1CCCCC1)C(N)=O. The topological polar surface area (TPSA) is 196 Å². The molecule has 1 aliphatic heterocycles. The Balaban J connectivity index is 1.81. The number of carbonyl (C=O) groups excluding carboxylic acids is 8. The zero-order valence-electron chi connectivity index (χ0n) is 35.0. The van der Waals surface area contributed by atoms with Crippen LogP contribution in [0.2, 0.25) is 0 Å². The van der Waals surface area contributed by atoms with E-state index < -0.39 is 89.6 Å². The van der Waals surface area contributed by atoms with E-state index in [9.17, 15) is 42.7 Å². The maximum atomic E-state index is 14.7. The Morgan fingerprint density at radius 2 is 1.59 bits per heavy atom. The van der Waals surface area contributed by atoms with Gasteiger partial charge in [0.05, 0.1) is 12.1 Å². The van der Waals surface area contributed by atoms with Crippen molar-refractivity contribution in [2.75, 3.05) is 13.2 Å². The molecular formula is C44H64FN3O10. The third-order valence-electron chi connectivity index (χ3n) is 10.9. The molecule has 0 aromatic heterocycles. The number of Topliss-reactive ketones (excluding diaryl/α,β-unsaturated/α-hetero) is 4. The van der Waals surface area contributed by atoms with Crippen molar-refractivity contribution in [1.29, 1.82) is 0 Å². The van der Waals surface area contributed by atoms with Crippen molar-refractivity contribution in [1.82, 2.24) is 10.2 Å². The highest BCUT2D eigenvalue weighted by molar-refractivity contribution is 6.38. The molecule has 1 aromatic carbocycles. The monoisotopic (exact) mass is 813 g/mol. The van der Waals surface area contributed by atoms with Gasteiger partial charge in [0, 0.05) is 56.9 Å². The standard InChI is InChI=1S/C44H64FN3O10/c1-6-8-15-35(42(46)55)47-39(52)21-20-37(50)41(54)30(12-7-2)23-38(51)36-25-33(57-27-40(53)58-44(3,4)5)26-48(36)43(56)34(29-13-10-9-11-14-29)24-32(49)22-28-16-18-31(45)19-17-28/h16-19,29-30,33-36H,6-15,20-27H2,1-5H3,(H2,46,55)(H,47,52)/t30?,33-,34?,35?,36+/m1/s1. The predicted molar refractivity (Wildman–Crippen MR) is 213 cm³/mol. The Labute approximate surface area is 342 Å². The van der Waals surface area contributed by atoms with Crippen molar-refractivity contribution in [2.24, 2.45) is 23.5 Å². The second-order valence-electron chi connectivity index (χ2n) is 16.9. The summed E-state index contributed by atoms with van der Waals surface area (Å²) in [5.74, 6) is -6.79. The number of nitrogens with two attached hydrogens (primary N) is 1. The number of esters is 1. The highest BCUT2D eigenvalue weighted by Gasteiger charge is 2.45. The summed E-state index contributed by atoms with van der Waals surface area (Å²) >= 11 is 0. The average Bonchev–Trinajstić information content (AvgIpc) is 3.61. The number of ketones is 4. The largest absolute Gasteiger partial charge is 0.458 e. The third-order valence-corrected chi connectivity index (χ3v) is 10.9. The second-order valence-corrected chi connectivity index (χ2v) is 16.9. The fourth-order valence-electron chi connectivity index (χ4n) is 7.97. The molecule has 5 atom stereocenters. The molecule has 3 unspecified atom stereocenters. The molecule has 2 aliphatic rings. The number of likely N-dealkylation sites (tertiary alicyclic amines) is 1. The highest BCUT2D eigenvalue weighted by atomic mass is 19.1. The van der Waals surface area contributed by atoms with Crippen LogP contribution < -0.4 is 11.1 Å². The maximum Gasteiger partial charge on any atom is 0.332 e. The number of nitrogens with one attached hydrogen (secondary N) is 1. The van der Waals surface area contributed by atoms with Crippen molar-refractivity contribution in [3.05, 3.63) is 35.6 Å². The van der Waals surface area contributed by atoms with Gasteiger partial charge in [-0.1, -0.05) is 64.5 Å². The molecule has 3 N–H and O–H groups in total. The molecule has 14 heteroatoms. The molecule has 58 heavy (non-hydrogen) atoms. The van der Waals surface area contributed by atoms with Crippen LogP contribution >= 0.6 is 0 Å². The van der Waals surface area contributed by atoms with Crippen molar-refractivity contribution >= 4 is 46.8 Å². The summed E-state index contributed by atoms with van der Waals surface area (Å²) in [7, 11) is 0. The number of halogens is 1. The Bertz CT molecular complexity index is 1600. The predicted octanol–water partition coefficient (Wildman–Crippen LogP) is 5.31. The lowest BCUT2D eigenvalue weighted by atomic mass is 9.76. The molecule has 1 saturated carbocycles. The number of hydrogen-bond acceptors (Lipinski definition) is 10. The first-order valence-electron chi connectivity index (χ1n) is 21.0. The van der Waals surface area contributed by atoms with Crippen LogP contribution in [0.4, 0.5) is 4.39 Å². The second kappa shape index (κ2) is 23.3. The summed E-state index contributed by atoms with van der Waals surface area (Å²) in [5.41, 5.74) is 5.28. The van der Waals surface area contributed by atoms with Crippen LogP contribution in [-0.4, -0.2) is 88.7 Å².